The maximum absolute atomic E-state index is 7.68. The summed E-state index contributed by atoms with van der Waals surface area (Å²) in [5, 5.41) is 7.68. The molecular weight excluding hydrogens is 102 g/mol. The number of nitriles is 1. The summed E-state index contributed by atoms with van der Waals surface area (Å²) < 4.78 is 0.0880. The van der Waals surface area contributed by atoms with Gasteiger partial charge in [-0.2, -0.15) is 5.26 Å². The van der Waals surface area contributed by atoms with Gasteiger partial charge in [0.25, 0.3) is 0 Å². The van der Waals surface area contributed by atoms with Crippen LogP contribution in [0.2, 0.25) is 0 Å². The number of nitrogens with zero attached hydrogens (tertiary/aromatic N) is 1. The van der Waals surface area contributed by atoms with Gasteiger partial charge >= 0.3 is 0 Å². The van der Waals surface area contributed by atoms with E-state index in [0.29, 0.717) is 0 Å². The second-order valence-corrected chi connectivity index (χ2v) is 1.57. The van der Waals surface area contributed by atoms with E-state index in [4.69, 9.17) is 5.26 Å². The largest absolute Gasteiger partial charge is 0.191 e. The lowest BCUT2D eigenvalue weighted by atomic mass is 10.9. The predicted molar refractivity (Wildman–Crippen MR) is 27.2 cm³/mol. The van der Waals surface area contributed by atoms with Crippen LogP contribution in [0.1, 0.15) is 0 Å². The van der Waals surface area contributed by atoms with Crippen LogP contribution in [0.4, 0.5) is 0 Å². The predicted octanol–water partition coefficient (Wildman–Crippen LogP) is 0.767. The van der Waals surface area contributed by atoms with Gasteiger partial charge in [0.15, 0.2) is 0 Å². The van der Waals surface area contributed by atoms with Crippen LogP contribution in [0.5, 0.6) is 0 Å². The molecule has 0 heterocycles. The summed E-state index contributed by atoms with van der Waals surface area (Å²) in [5.41, 5.74) is 0. The molecule has 0 N–H and O–H groups in total. The van der Waals surface area contributed by atoms with Crippen LogP contribution in [0, 0.1) is 11.3 Å². The van der Waals surface area contributed by atoms with Gasteiger partial charge in [-0.15, -0.1) is 12.6 Å². The molecule has 0 spiro atoms. The first-order valence-electron chi connectivity index (χ1n) is 0.901. The molecule has 0 amide bonds. The summed E-state index contributed by atoms with van der Waals surface area (Å²) in [6.07, 6.45) is 0. The van der Waals surface area contributed by atoms with E-state index < -0.39 is 0 Å². The lowest BCUT2D eigenvalue weighted by Gasteiger charge is -1.57. The fourth-order valence-electron chi connectivity index (χ4n) is 0. The first-order valence-corrected chi connectivity index (χ1v) is 1.76. The molecule has 0 aromatic heterocycles. The molecule has 0 fully saturated rings. The van der Waals surface area contributed by atoms with E-state index in [-0.39, 0.29) is 4.20 Å². The van der Waals surface area contributed by atoms with Crippen LogP contribution in [0.3, 0.4) is 0 Å². The van der Waals surface area contributed by atoms with Crippen LogP contribution in [-0.2, 0) is 0 Å². The maximum Gasteiger partial charge on any atom is 0.145 e. The van der Waals surface area contributed by atoms with Crippen molar-refractivity contribution in [2.24, 2.45) is 0 Å². The van der Waals surface area contributed by atoms with Crippen molar-refractivity contribution in [2.75, 3.05) is 0 Å². The fourth-order valence-corrected chi connectivity index (χ4v) is 0. The van der Waals surface area contributed by atoms with Gasteiger partial charge in [-0.1, -0.05) is 12.2 Å². The summed E-state index contributed by atoms with van der Waals surface area (Å²) >= 11 is 7.67. The summed E-state index contributed by atoms with van der Waals surface area (Å²) in [6.45, 7) is 0. The number of thiol groups is 1. The van der Waals surface area contributed by atoms with Gasteiger partial charge in [-0.25, -0.2) is 0 Å². The average Bonchev–Trinajstić information content (AvgIpc) is 1.38. The zero-order chi connectivity index (χ0) is 4.28. The average molecular weight is 103 g/mol. The second kappa shape index (κ2) is 2.18. The third-order valence-electron chi connectivity index (χ3n) is 0.0956. The summed E-state index contributed by atoms with van der Waals surface area (Å²) in [7, 11) is 0. The van der Waals surface area contributed by atoms with Crippen LogP contribution in [-0.4, -0.2) is 4.20 Å². The summed E-state index contributed by atoms with van der Waals surface area (Å²) in [5.74, 6) is 0. The third-order valence-corrected chi connectivity index (χ3v) is 0.287. The summed E-state index contributed by atoms with van der Waals surface area (Å²) in [4.78, 5) is 0. The third kappa shape index (κ3) is 3.93. The molecule has 0 saturated carbocycles. The van der Waals surface area contributed by atoms with E-state index in [9.17, 15) is 0 Å². The molecule has 3 heteroatoms. The monoisotopic (exact) mass is 103 g/mol. The van der Waals surface area contributed by atoms with Gasteiger partial charge in [0, 0.05) is 0 Å². The molecule has 5 heavy (non-hydrogen) atoms. The molecule has 0 aromatic rings. The molecule has 0 aliphatic rings. The second-order valence-electron chi connectivity index (χ2n) is 0.417. The van der Waals surface area contributed by atoms with Gasteiger partial charge in [-0.3, -0.25) is 0 Å². The van der Waals surface area contributed by atoms with Crippen molar-refractivity contribution in [1.82, 2.24) is 0 Å². The molecule has 0 radical (unpaired) electrons. The minimum absolute atomic E-state index is 0.0880. The summed E-state index contributed by atoms with van der Waals surface area (Å²) in [6, 6.07) is 1.62. The van der Waals surface area contributed by atoms with Crippen LogP contribution in [0.15, 0.2) is 0 Å². The quantitative estimate of drug-likeness (QED) is 0.361. The van der Waals surface area contributed by atoms with E-state index in [1.807, 2.05) is 0 Å². The number of hydrogen-bond donors (Lipinski definition) is 1. The molecular formula is C2HNS2. The molecule has 0 atom stereocenters. The highest BCUT2D eigenvalue weighted by molar-refractivity contribution is 8.12. The molecule has 0 bridgehead atoms. The Hall–Kier alpha value is -0.0700. The van der Waals surface area contributed by atoms with Crippen molar-refractivity contribution >= 4 is 29.0 Å². The molecule has 26 valence electrons. The topological polar surface area (TPSA) is 23.8 Å². The highest BCUT2D eigenvalue weighted by atomic mass is 32.1. The number of hydrogen-bond acceptors (Lipinski definition) is 2. The Morgan fingerprint density at radius 1 is 2.00 bits per heavy atom. The Balaban J connectivity index is 3.35. The molecule has 0 aliphatic carbocycles. The standard InChI is InChI=1S/C2HNS2/c3-1-2(4)5/h(H,4,5). The fraction of sp³-hybridized carbons (Fsp3) is 0. The molecule has 0 rings (SSSR count). The normalized spacial score (nSPS) is 5.60. The van der Waals surface area contributed by atoms with E-state index in [0.717, 1.165) is 0 Å². The van der Waals surface area contributed by atoms with Crippen molar-refractivity contribution in [2.45, 2.75) is 0 Å². The van der Waals surface area contributed by atoms with E-state index >= 15 is 0 Å². The van der Waals surface area contributed by atoms with Crippen molar-refractivity contribution in [3.63, 3.8) is 0 Å². The van der Waals surface area contributed by atoms with Crippen molar-refractivity contribution < 1.29 is 0 Å². The smallest absolute Gasteiger partial charge is 0.145 e. The van der Waals surface area contributed by atoms with Gasteiger partial charge in [0.05, 0.1) is 0 Å². The zero-order valence-corrected chi connectivity index (χ0v) is 4.01. The maximum atomic E-state index is 7.68. The van der Waals surface area contributed by atoms with E-state index in [1.165, 1.54) is 0 Å². The molecule has 0 unspecified atom stereocenters. The SMILES string of the molecule is N#CC(=S)S. The van der Waals surface area contributed by atoms with Crippen molar-refractivity contribution in [3.05, 3.63) is 0 Å². The highest BCUT2D eigenvalue weighted by Gasteiger charge is 1.70. The molecule has 1 nitrogen and oxygen atoms in total. The Bertz CT molecular complexity index is 80.1. The molecule has 0 aromatic carbocycles. The first-order chi connectivity index (χ1) is 2.27. The Morgan fingerprint density at radius 2 is 2.20 bits per heavy atom. The lowest BCUT2D eigenvalue weighted by Crippen LogP contribution is -1.63. The minimum Gasteiger partial charge on any atom is -0.191 e. The number of rotatable bonds is 0. The van der Waals surface area contributed by atoms with Crippen LogP contribution in [0.25, 0.3) is 0 Å². The van der Waals surface area contributed by atoms with E-state index in [1.54, 1.807) is 6.07 Å². The minimum atomic E-state index is 0.0880. The molecule has 0 saturated heterocycles. The van der Waals surface area contributed by atoms with Gasteiger partial charge < -0.3 is 0 Å². The highest BCUT2D eigenvalue weighted by Crippen LogP contribution is 1.74. The van der Waals surface area contributed by atoms with Crippen molar-refractivity contribution in [3.8, 4) is 6.07 Å². The van der Waals surface area contributed by atoms with Gasteiger partial charge in [-0.05, 0) is 0 Å². The van der Waals surface area contributed by atoms with Crippen LogP contribution >= 0.6 is 24.8 Å². The Morgan fingerprint density at radius 3 is 2.20 bits per heavy atom. The lowest BCUT2D eigenvalue weighted by molar-refractivity contribution is 1.56. The van der Waals surface area contributed by atoms with Gasteiger partial charge in [0.1, 0.15) is 10.3 Å². The molecule has 0 aliphatic heterocycles. The van der Waals surface area contributed by atoms with Crippen molar-refractivity contribution in [1.29, 1.82) is 5.26 Å². The Kier molecular flexibility index (Phi) is 2.15. The Labute approximate surface area is 41.0 Å². The van der Waals surface area contributed by atoms with E-state index in [2.05, 4.69) is 24.8 Å². The first kappa shape index (κ1) is 4.93. The van der Waals surface area contributed by atoms with Crippen LogP contribution < -0.4 is 0 Å². The number of thiocarbonyl (C=S) groups is 1. The zero-order valence-electron chi connectivity index (χ0n) is 2.30. The van der Waals surface area contributed by atoms with Gasteiger partial charge in [0.2, 0.25) is 0 Å².